The second-order valence-corrected chi connectivity index (χ2v) is 9.88. The Balaban J connectivity index is 1.54. The van der Waals surface area contributed by atoms with Gasteiger partial charge in [-0.15, -0.1) is 0 Å². The highest BCUT2D eigenvalue weighted by molar-refractivity contribution is 6.30. The van der Waals surface area contributed by atoms with Crippen molar-refractivity contribution < 1.29 is 23.5 Å². The number of nitrogens with zero attached hydrogens (tertiary/aromatic N) is 3. The first-order chi connectivity index (χ1) is 18.3. The van der Waals surface area contributed by atoms with Crippen LogP contribution in [-0.4, -0.2) is 69.1 Å². The molecule has 0 radical (unpaired) electrons. The van der Waals surface area contributed by atoms with Gasteiger partial charge >= 0.3 is 0 Å². The van der Waals surface area contributed by atoms with Crippen molar-refractivity contribution in [2.24, 2.45) is 0 Å². The van der Waals surface area contributed by atoms with E-state index in [9.17, 15) is 9.59 Å². The lowest BCUT2D eigenvalue weighted by Crippen LogP contribution is -2.53. The summed E-state index contributed by atoms with van der Waals surface area (Å²) in [6, 6.07) is 16.4. The smallest absolute Gasteiger partial charge is 0.254 e. The number of ether oxygens (including phenoxy) is 2. The number of amides is 2. The largest absolute Gasteiger partial charge is 0.493 e. The lowest BCUT2D eigenvalue weighted by atomic mass is 9.78. The molecule has 2 heterocycles. The van der Waals surface area contributed by atoms with Gasteiger partial charge in [-0.2, -0.15) is 0 Å². The Kier molecular flexibility index (Phi) is 7.17. The molecular weight excluding hydrogens is 509 g/mol. The van der Waals surface area contributed by atoms with Gasteiger partial charge < -0.3 is 24.2 Å². The molecule has 5 rings (SSSR count). The van der Waals surface area contributed by atoms with Crippen molar-refractivity contribution in [1.82, 2.24) is 9.80 Å². The fourth-order valence-electron chi connectivity index (χ4n) is 5.47. The zero-order valence-corrected chi connectivity index (χ0v) is 22.2. The van der Waals surface area contributed by atoms with Crippen LogP contribution in [0, 0.1) is 5.82 Å². The van der Waals surface area contributed by atoms with Gasteiger partial charge in [-0.05, 0) is 42.0 Å². The number of likely N-dealkylation sites (N-methyl/N-ethyl adjacent to an activating group) is 1. The monoisotopic (exact) mass is 537 g/mol. The molecule has 0 aromatic heterocycles. The summed E-state index contributed by atoms with van der Waals surface area (Å²) in [6.45, 7) is 2.20. The molecule has 0 unspecified atom stereocenters. The average molecular weight is 538 g/mol. The molecule has 38 heavy (non-hydrogen) atoms. The summed E-state index contributed by atoms with van der Waals surface area (Å²) in [4.78, 5) is 33.2. The van der Waals surface area contributed by atoms with Crippen molar-refractivity contribution in [3.8, 4) is 11.5 Å². The molecule has 0 aliphatic carbocycles. The molecule has 2 atom stereocenters. The van der Waals surface area contributed by atoms with Crippen LogP contribution in [0.1, 0.15) is 33.4 Å². The Morgan fingerprint density at radius 3 is 2.26 bits per heavy atom. The number of anilines is 1. The van der Waals surface area contributed by atoms with Crippen LogP contribution in [0.3, 0.4) is 0 Å². The Morgan fingerprint density at radius 2 is 1.61 bits per heavy atom. The van der Waals surface area contributed by atoms with Crippen molar-refractivity contribution in [3.05, 3.63) is 88.2 Å². The van der Waals surface area contributed by atoms with E-state index in [-0.39, 0.29) is 11.8 Å². The summed E-state index contributed by atoms with van der Waals surface area (Å²) in [6.07, 6.45) is 0. The van der Waals surface area contributed by atoms with Crippen molar-refractivity contribution in [2.45, 2.75) is 12.0 Å². The quantitative estimate of drug-likeness (QED) is 0.470. The summed E-state index contributed by atoms with van der Waals surface area (Å²) < 4.78 is 26.1. The summed E-state index contributed by atoms with van der Waals surface area (Å²) in [5.74, 6) is -0.995. The molecule has 198 valence electrons. The molecule has 0 saturated carbocycles. The SMILES string of the molecule is COc1cc2c(cc1OC)[C@H](C(=O)N1CCN(c3cccc(Cl)c3)CC1)[C@@H](c1ccccc1F)N(C)C2=O. The molecule has 7 nitrogen and oxygen atoms in total. The highest BCUT2D eigenvalue weighted by Crippen LogP contribution is 2.46. The first-order valence-corrected chi connectivity index (χ1v) is 12.8. The predicted octanol–water partition coefficient (Wildman–Crippen LogP) is 4.76. The lowest BCUT2D eigenvalue weighted by Gasteiger charge is -2.43. The Hall–Kier alpha value is -3.78. The van der Waals surface area contributed by atoms with Crippen LogP contribution >= 0.6 is 11.6 Å². The Morgan fingerprint density at radius 1 is 0.921 bits per heavy atom. The number of methoxy groups -OCH3 is 2. The first kappa shape index (κ1) is 25.9. The van der Waals surface area contributed by atoms with Gasteiger partial charge in [0.1, 0.15) is 5.82 Å². The number of piperazine rings is 1. The molecule has 2 aliphatic rings. The van der Waals surface area contributed by atoms with Gasteiger partial charge in [0.2, 0.25) is 5.91 Å². The first-order valence-electron chi connectivity index (χ1n) is 12.4. The zero-order valence-electron chi connectivity index (χ0n) is 21.5. The van der Waals surface area contributed by atoms with E-state index in [4.69, 9.17) is 21.1 Å². The van der Waals surface area contributed by atoms with Gasteiger partial charge in [0, 0.05) is 55.1 Å². The zero-order chi connectivity index (χ0) is 27.0. The topological polar surface area (TPSA) is 62.3 Å². The maximum Gasteiger partial charge on any atom is 0.254 e. The number of benzene rings is 3. The van der Waals surface area contributed by atoms with E-state index in [2.05, 4.69) is 4.90 Å². The Bertz CT molecular complexity index is 1380. The van der Waals surface area contributed by atoms with Crippen LogP contribution in [0.2, 0.25) is 5.02 Å². The number of hydrogen-bond acceptors (Lipinski definition) is 5. The van der Waals surface area contributed by atoms with Crippen LogP contribution in [0.15, 0.2) is 60.7 Å². The summed E-state index contributed by atoms with van der Waals surface area (Å²) in [5, 5.41) is 0.657. The molecule has 0 bridgehead atoms. The van der Waals surface area contributed by atoms with Crippen LogP contribution in [0.5, 0.6) is 11.5 Å². The minimum atomic E-state index is -0.831. The molecule has 1 fully saturated rings. The van der Waals surface area contributed by atoms with Crippen LogP contribution in [0.4, 0.5) is 10.1 Å². The molecule has 0 spiro atoms. The normalized spacial score (nSPS) is 19.3. The minimum absolute atomic E-state index is 0.170. The van der Waals surface area contributed by atoms with E-state index in [0.717, 1.165) is 5.69 Å². The standard InChI is InChI=1S/C29H29ClFN3O4/c1-32-27(20-9-4-5-10-23(20)31)26(21-16-24(37-2)25(38-3)17-22(21)28(32)35)29(36)34-13-11-33(12-14-34)19-8-6-7-18(30)15-19/h4-10,15-17,26-27H,11-14H2,1-3H3/t26-,27+/m0/s1. The van der Waals surface area contributed by atoms with Gasteiger partial charge in [-0.1, -0.05) is 35.9 Å². The third-order valence-corrected chi connectivity index (χ3v) is 7.66. The maximum atomic E-state index is 15.1. The van der Waals surface area contributed by atoms with Crippen molar-refractivity contribution >= 4 is 29.1 Å². The molecule has 9 heteroatoms. The molecule has 3 aromatic rings. The van der Waals surface area contributed by atoms with Crippen LogP contribution < -0.4 is 14.4 Å². The summed E-state index contributed by atoms with van der Waals surface area (Å²) in [5.41, 5.74) is 2.13. The molecule has 0 N–H and O–H groups in total. The fraction of sp³-hybridized carbons (Fsp3) is 0.310. The van der Waals surface area contributed by atoms with E-state index in [1.54, 1.807) is 42.3 Å². The predicted molar refractivity (Wildman–Crippen MR) is 144 cm³/mol. The number of fused-ring (bicyclic) bond motifs is 1. The number of halogens is 2. The number of carbonyl (C=O) groups is 2. The van der Waals surface area contributed by atoms with E-state index in [1.807, 2.05) is 24.3 Å². The number of rotatable bonds is 5. The molecule has 3 aromatic carbocycles. The summed E-state index contributed by atoms with van der Waals surface area (Å²) in [7, 11) is 4.60. The third kappa shape index (κ3) is 4.53. The second kappa shape index (κ2) is 10.5. The molecule has 2 aliphatic heterocycles. The number of carbonyl (C=O) groups excluding carboxylic acids is 2. The fourth-order valence-corrected chi connectivity index (χ4v) is 5.66. The van der Waals surface area contributed by atoms with Gasteiger partial charge in [-0.25, -0.2) is 4.39 Å². The van der Waals surface area contributed by atoms with Gasteiger partial charge in [0.15, 0.2) is 11.5 Å². The maximum absolute atomic E-state index is 15.1. The van der Waals surface area contributed by atoms with Gasteiger partial charge in [-0.3, -0.25) is 9.59 Å². The van der Waals surface area contributed by atoms with E-state index in [1.165, 1.54) is 25.2 Å². The molecular formula is C29H29ClFN3O4. The van der Waals surface area contributed by atoms with E-state index in [0.29, 0.717) is 59.4 Å². The Labute approximate surface area is 226 Å². The molecule has 2 amide bonds. The highest BCUT2D eigenvalue weighted by atomic mass is 35.5. The minimum Gasteiger partial charge on any atom is -0.493 e. The third-order valence-electron chi connectivity index (χ3n) is 7.43. The lowest BCUT2D eigenvalue weighted by molar-refractivity contribution is -0.134. The summed E-state index contributed by atoms with van der Waals surface area (Å²) >= 11 is 6.18. The van der Waals surface area contributed by atoms with Crippen molar-refractivity contribution in [3.63, 3.8) is 0 Å². The van der Waals surface area contributed by atoms with Crippen LogP contribution in [-0.2, 0) is 4.79 Å². The second-order valence-electron chi connectivity index (χ2n) is 9.45. The number of hydrogen-bond donors (Lipinski definition) is 0. The van der Waals surface area contributed by atoms with Crippen LogP contribution in [0.25, 0.3) is 0 Å². The van der Waals surface area contributed by atoms with Gasteiger partial charge in [0.05, 0.1) is 26.2 Å². The highest BCUT2D eigenvalue weighted by Gasteiger charge is 2.46. The van der Waals surface area contributed by atoms with Crippen molar-refractivity contribution in [1.29, 1.82) is 0 Å². The van der Waals surface area contributed by atoms with Crippen molar-refractivity contribution in [2.75, 3.05) is 52.3 Å². The molecule has 1 saturated heterocycles. The van der Waals surface area contributed by atoms with E-state index < -0.39 is 17.8 Å². The average Bonchev–Trinajstić information content (AvgIpc) is 2.94. The van der Waals surface area contributed by atoms with Gasteiger partial charge in [0.25, 0.3) is 5.91 Å². The van der Waals surface area contributed by atoms with E-state index >= 15 is 4.39 Å².